The first kappa shape index (κ1) is 22.1. The summed E-state index contributed by atoms with van der Waals surface area (Å²) in [5.41, 5.74) is 4.52. The van der Waals surface area contributed by atoms with Gasteiger partial charge in [-0.2, -0.15) is 0 Å². The number of rotatable bonds is 7. The Bertz CT molecular complexity index is 1170. The molecule has 4 rings (SSSR count). The second kappa shape index (κ2) is 9.20. The molecule has 0 saturated carbocycles. The van der Waals surface area contributed by atoms with Crippen LogP contribution in [-0.4, -0.2) is 42.9 Å². The molecule has 1 aliphatic carbocycles. The monoisotopic (exact) mass is 449 g/mol. The second-order valence-electron chi connectivity index (χ2n) is 7.74. The number of furan rings is 1. The number of carboxylic acid groups (broad SMARTS) is 1. The molecule has 0 aliphatic heterocycles. The van der Waals surface area contributed by atoms with Crippen molar-refractivity contribution in [2.24, 2.45) is 0 Å². The number of carboxylic acids is 1. The number of hydrogen-bond acceptors (Lipinski definition) is 6. The van der Waals surface area contributed by atoms with Gasteiger partial charge in [-0.15, -0.1) is 0 Å². The number of hydrogen-bond donors (Lipinski definition) is 2. The van der Waals surface area contributed by atoms with Crippen LogP contribution in [0.1, 0.15) is 38.9 Å². The van der Waals surface area contributed by atoms with Crippen molar-refractivity contribution in [3.05, 3.63) is 82.8 Å². The number of ether oxygens (including phenoxy) is 2. The minimum absolute atomic E-state index is 0.0680. The van der Waals surface area contributed by atoms with Gasteiger partial charge in [0.2, 0.25) is 0 Å². The third-order valence-corrected chi connectivity index (χ3v) is 5.71. The summed E-state index contributed by atoms with van der Waals surface area (Å²) in [6.45, 7) is 1.64. The highest BCUT2D eigenvalue weighted by Gasteiger charge is 2.30. The second-order valence-corrected chi connectivity index (χ2v) is 7.74. The summed E-state index contributed by atoms with van der Waals surface area (Å²) in [7, 11) is 1.24. The Labute approximate surface area is 190 Å². The molecule has 33 heavy (non-hydrogen) atoms. The molecule has 2 aromatic carbocycles. The van der Waals surface area contributed by atoms with Gasteiger partial charge in [-0.1, -0.05) is 48.5 Å². The summed E-state index contributed by atoms with van der Waals surface area (Å²) in [5, 5.41) is 11.9. The van der Waals surface area contributed by atoms with Crippen molar-refractivity contribution in [2.45, 2.75) is 25.3 Å². The Kier molecular flexibility index (Phi) is 6.17. The SMILES string of the molecule is COC(=O)c1cc(CC(NC(=O)OCC2c3ccccc3-c3ccccc32)C(=O)O)oc1C. The number of methoxy groups -OCH3 is 1. The lowest BCUT2D eigenvalue weighted by atomic mass is 9.98. The van der Waals surface area contributed by atoms with E-state index >= 15 is 0 Å². The average Bonchev–Trinajstić information content (AvgIpc) is 3.34. The molecule has 8 heteroatoms. The molecule has 8 nitrogen and oxygen atoms in total. The van der Waals surface area contributed by atoms with Crippen LogP contribution in [0.15, 0.2) is 59.0 Å². The standard InChI is InChI=1S/C25H23NO7/c1-14-20(24(29)31-2)11-15(33-14)12-22(23(27)28)26-25(30)32-13-21-18-9-5-3-7-16(18)17-8-4-6-10-19(17)21/h3-11,21-22H,12-13H2,1-2H3,(H,26,30)(H,27,28). The number of carbonyl (C=O) groups excluding carboxylic acids is 2. The van der Waals surface area contributed by atoms with Crippen LogP contribution in [-0.2, 0) is 20.7 Å². The molecule has 2 N–H and O–H groups in total. The van der Waals surface area contributed by atoms with Gasteiger partial charge in [-0.3, -0.25) is 0 Å². The number of aryl methyl sites for hydroxylation is 1. The van der Waals surface area contributed by atoms with Gasteiger partial charge in [0.05, 0.1) is 7.11 Å². The summed E-state index contributed by atoms with van der Waals surface area (Å²) in [4.78, 5) is 35.9. The average molecular weight is 449 g/mol. The van der Waals surface area contributed by atoms with Gasteiger partial charge < -0.3 is 24.3 Å². The van der Waals surface area contributed by atoms with Gasteiger partial charge in [0.25, 0.3) is 0 Å². The predicted molar refractivity (Wildman–Crippen MR) is 118 cm³/mol. The van der Waals surface area contributed by atoms with Crippen molar-refractivity contribution in [1.82, 2.24) is 5.32 Å². The zero-order chi connectivity index (χ0) is 23.5. The maximum absolute atomic E-state index is 12.5. The van der Waals surface area contributed by atoms with Gasteiger partial charge in [0.15, 0.2) is 0 Å². The molecule has 170 valence electrons. The lowest BCUT2D eigenvalue weighted by Crippen LogP contribution is -2.42. The van der Waals surface area contributed by atoms with E-state index in [4.69, 9.17) is 9.15 Å². The first-order valence-corrected chi connectivity index (χ1v) is 10.4. The van der Waals surface area contributed by atoms with E-state index in [2.05, 4.69) is 10.1 Å². The lowest BCUT2D eigenvalue weighted by Gasteiger charge is -2.17. The van der Waals surface area contributed by atoms with E-state index < -0.39 is 24.1 Å². The highest BCUT2D eigenvalue weighted by molar-refractivity contribution is 5.90. The first-order chi connectivity index (χ1) is 15.9. The van der Waals surface area contributed by atoms with E-state index in [9.17, 15) is 19.5 Å². The van der Waals surface area contributed by atoms with E-state index in [1.807, 2.05) is 48.5 Å². The summed E-state index contributed by atoms with van der Waals surface area (Å²) in [5.74, 6) is -1.43. The molecule has 0 radical (unpaired) electrons. The van der Waals surface area contributed by atoms with Crippen molar-refractivity contribution in [1.29, 1.82) is 0 Å². The highest BCUT2D eigenvalue weighted by Crippen LogP contribution is 2.44. The molecule has 1 unspecified atom stereocenters. The fourth-order valence-electron chi connectivity index (χ4n) is 4.14. The fourth-order valence-corrected chi connectivity index (χ4v) is 4.14. The largest absolute Gasteiger partial charge is 0.480 e. The Balaban J connectivity index is 1.42. The van der Waals surface area contributed by atoms with Gasteiger partial charge in [-0.25, -0.2) is 14.4 Å². The summed E-state index contributed by atoms with van der Waals surface area (Å²) in [6.07, 6.45) is -1.00. The molecule has 1 aliphatic rings. The van der Waals surface area contributed by atoms with Gasteiger partial charge in [0.1, 0.15) is 29.7 Å². The summed E-state index contributed by atoms with van der Waals surface area (Å²) >= 11 is 0. The molecule has 0 saturated heterocycles. The first-order valence-electron chi connectivity index (χ1n) is 10.4. The van der Waals surface area contributed by atoms with Gasteiger partial charge in [0, 0.05) is 12.3 Å². The van der Waals surface area contributed by atoms with Crippen LogP contribution >= 0.6 is 0 Å². The summed E-state index contributed by atoms with van der Waals surface area (Å²) < 4.78 is 15.6. The molecule has 3 aromatic rings. The topological polar surface area (TPSA) is 115 Å². The van der Waals surface area contributed by atoms with Crippen molar-refractivity contribution < 1.29 is 33.4 Å². The van der Waals surface area contributed by atoms with E-state index in [0.29, 0.717) is 5.76 Å². The van der Waals surface area contributed by atoms with Crippen LogP contribution < -0.4 is 5.32 Å². The molecule has 1 heterocycles. The van der Waals surface area contributed by atoms with Crippen LogP contribution in [0.4, 0.5) is 4.79 Å². The van der Waals surface area contributed by atoms with Crippen LogP contribution in [0.5, 0.6) is 0 Å². The number of amides is 1. The van der Waals surface area contributed by atoms with Crippen LogP contribution in [0.25, 0.3) is 11.1 Å². The minimum Gasteiger partial charge on any atom is -0.480 e. The molecule has 1 atom stereocenters. The van der Waals surface area contributed by atoms with Crippen molar-refractivity contribution in [2.75, 3.05) is 13.7 Å². The molecule has 1 aromatic heterocycles. The van der Waals surface area contributed by atoms with Crippen LogP contribution in [0, 0.1) is 6.92 Å². The van der Waals surface area contributed by atoms with E-state index in [0.717, 1.165) is 22.3 Å². The lowest BCUT2D eigenvalue weighted by molar-refractivity contribution is -0.139. The minimum atomic E-state index is -1.29. The van der Waals surface area contributed by atoms with Crippen molar-refractivity contribution in [3.8, 4) is 11.1 Å². The highest BCUT2D eigenvalue weighted by atomic mass is 16.5. The predicted octanol–water partition coefficient (Wildman–Crippen LogP) is 3.91. The number of esters is 1. The molecule has 0 spiro atoms. The summed E-state index contributed by atoms with van der Waals surface area (Å²) in [6, 6.07) is 16.0. The smallest absolute Gasteiger partial charge is 0.407 e. The molecule has 1 amide bonds. The molecule has 0 fully saturated rings. The number of aliphatic carboxylic acids is 1. The molecule has 0 bridgehead atoms. The third-order valence-electron chi connectivity index (χ3n) is 5.71. The van der Waals surface area contributed by atoms with E-state index in [-0.39, 0.29) is 30.3 Å². The van der Waals surface area contributed by atoms with Crippen molar-refractivity contribution in [3.63, 3.8) is 0 Å². The number of benzene rings is 2. The fraction of sp³-hybridized carbons (Fsp3) is 0.240. The van der Waals surface area contributed by atoms with Crippen molar-refractivity contribution >= 4 is 18.0 Å². The maximum Gasteiger partial charge on any atom is 0.407 e. The quantitative estimate of drug-likeness (QED) is 0.526. The number of alkyl carbamates (subject to hydrolysis) is 1. The van der Waals surface area contributed by atoms with Crippen LogP contribution in [0.3, 0.4) is 0 Å². The molecular formula is C25H23NO7. The normalized spacial score (nSPS) is 13.0. The Morgan fingerprint density at radius 1 is 1.06 bits per heavy atom. The van der Waals surface area contributed by atoms with E-state index in [1.54, 1.807) is 6.92 Å². The number of fused-ring (bicyclic) bond motifs is 3. The zero-order valence-corrected chi connectivity index (χ0v) is 18.2. The van der Waals surface area contributed by atoms with Crippen LogP contribution in [0.2, 0.25) is 0 Å². The van der Waals surface area contributed by atoms with Gasteiger partial charge >= 0.3 is 18.0 Å². The molecular weight excluding hydrogens is 426 g/mol. The number of nitrogens with one attached hydrogen (secondary N) is 1. The Morgan fingerprint density at radius 2 is 1.67 bits per heavy atom. The van der Waals surface area contributed by atoms with E-state index in [1.165, 1.54) is 13.2 Å². The number of carbonyl (C=O) groups is 3. The Morgan fingerprint density at radius 3 is 2.24 bits per heavy atom. The maximum atomic E-state index is 12.5. The van der Waals surface area contributed by atoms with Gasteiger partial charge in [-0.05, 0) is 35.2 Å². The zero-order valence-electron chi connectivity index (χ0n) is 18.2. The third kappa shape index (κ3) is 4.45. The Hall–Kier alpha value is -4.07.